The Kier molecular flexibility index (Phi) is 3.29. The van der Waals surface area contributed by atoms with Gasteiger partial charge in [0.25, 0.3) is 0 Å². The topological polar surface area (TPSA) is 12.0 Å². The van der Waals surface area contributed by atoms with Gasteiger partial charge < -0.3 is 5.32 Å². The SMILES string of the molecule is Cc1cccc(NC2CCC(C)(C)C2)c1Br. The maximum absolute atomic E-state index is 3.66. The number of aryl methyl sites for hydroxylation is 1. The Bertz CT molecular complexity index is 384. The zero-order valence-electron chi connectivity index (χ0n) is 10.3. The van der Waals surface area contributed by atoms with Crippen LogP contribution in [0.15, 0.2) is 22.7 Å². The molecule has 1 aromatic rings. The van der Waals surface area contributed by atoms with E-state index in [0.717, 1.165) is 0 Å². The molecule has 1 atom stereocenters. The zero-order valence-corrected chi connectivity index (χ0v) is 11.9. The number of halogens is 1. The first kappa shape index (κ1) is 12.0. The van der Waals surface area contributed by atoms with Crippen molar-refractivity contribution in [2.45, 2.75) is 46.1 Å². The van der Waals surface area contributed by atoms with E-state index in [4.69, 9.17) is 0 Å². The van der Waals surface area contributed by atoms with Gasteiger partial charge in [0.1, 0.15) is 0 Å². The molecule has 1 unspecified atom stereocenters. The fourth-order valence-corrected chi connectivity index (χ4v) is 2.92. The quantitative estimate of drug-likeness (QED) is 0.825. The van der Waals surface area contributed by atoms with Crippen LogP contribution in [-0.4, -0.2) is 6.04 Å². The summed E-state index contributed by atoms with van der Waals surface area (Å²) in [5.41, 5.74) is 3.04. The van der Waals surface area contributed by atoms with Crippen LogP contribution in [0.5, 0.6) is 0 Å². The van der Waals surface area contributed by atoms with E-state index in [1.807, 2.05) is 0 Å². The van der Waals surface area contributed by atoms with Crippen LogP contribution in [0, 0.1) is 12.3 Å². The van der Waals surface area contributed by atoms with Crippen LogP contribution in [0.2, 0.25) is 0 Å². The van der Waals surface area contributed by atoms with E-state index in [0.29, 0.717) is 11.5 Å². The van der Waals surface area contributed by atoms with Crippen molar-refractivity contribution in [3.05, 3.63) is 28.2 Å². The molecule has 0 amide bonds. The minimum atomic E-state index is 0.508. The molecule has 1 nitrogen and oxygen atoms in total. The maximum Gasteiger partial charge on any atom is 0.0489 e. The normalized spacial score (nSPS) is 23.4. The predicted molar refractivity (Wildman–Crippen MR) is 73.9 cm³/mol. The van der Waals surface area contributed by atoms with Crippen LogP contribution >= 0.6 is 15.9 Å². The second-order valence-corrected chi connectivity index (χ2v) is 6.48. The van der Waals surface area contributed by atoms with Crippen LogP contribution < -0.4 is 5.32 Å². The van der Waals surface area contributed by atoms with Crippen molar-refractivity contribution in [1.29, 1.82) is 0 Å². The van der Waals surface area contributed by atoms with Crippen LogP contribution in [0.3, 0.4) is 0 Å². The molecule has 1 aromatic carbocycles. The molecule has 0 radical (unpaired) electrons. The van der Waals surface area contributed by atoms with Crippen molar-refractivity contribution in [2.24, 2.45) is 5.41 Å². The summed E-state index contributed by atoms with van der Waals surface area (Å²) in [6.45, 7) is 6.85. The van der Waals surface area contributed by atoms with E-state index >= 15 is 0 Å². The number of hydrogen-bond acceptors (Lipinski definition) is 1. The summed E-state index contributed by atoms with van der Waals surface area (Å²) in [5.74, 6) is 0. The third-order valence-electron chi connectivity index (χ3n) is 3.52. The molecule has 1 fully saturated rings. The lowest BCUT2D eigenvalue weighted by Gasteiger charge is -2.19. The monoisotopic (exact) mass is 281 g/mol. The van der Waals surface area contributed by atoms with Gasteiger partial charge in [-0.15, -0.1) is 0 Å². The van der Waals surface area contributed by atoms with Gasteiger partial charge >= 0.3 is 0 Å². The number of nitrogens with one attached hydrogen (secondary N) is 1. The third-order valence-corrected chi connectivity index (χ3v) is 4.57. The molecule has 0 heterocycles. The lowest BCUT2D eigenvalue weighted by Crippen LogP contribution is -2.17. The number of rotatable bonds is 2. The summed E-state index contributed by atoms with van der Waals surface area (Å²) in [6.07, 6.45) is 3.88. The summed E-state index contributed by atoms with van der Waals surface area (Å²) in [4.78, 5) is 0. The Labute approximate surface area is 107 Å². The maximum atomic E-state index is 3.66. The summed E-state index contributed by atoms with van der Waals surface area (Å²) >= 11 is 3.65. The highest BCUT2D eigenvalue weighted by Gasteiger charge is 2.30. The summed E-state index contributed by atoms with van der Waals surface area (Å²) in [5, 5.41) is 3.66. The molecule has 1 aliphatic rings. The lowest BCUT2D eigenvalue weighted by molar-refractivity contribution is 0.378. The summed E-state index contributed by atoms with van der Waals surface area (Å²) in [7, 11) is 0. The largest absolute Gasteiger partial charge is 0.381 e. The van der Waals surface area contributed by atoms with Gasteiger partial charge in [-0.2, -0.15) is 0 Å². The summed E-state index contributed by atoms with van der Waals surface area (Å²) in [6, 6.07) is 7.03. The fraction of sp³-hybridized carbons (Fsp3) is 0.571. The molecule has 88 valence electrons. The van der Waals surface area contributed by atoms with Gasteiger partial charge in [0.05, 0.1) is 0 Å². The molecular weight excluding hydrogens is 262 g/mol. The molecule has 0 saturated heterocycles. The molecule has 1 saturated carbocycles. The lowest BCUT2D eigenvalue weighted by atomic mass is 9.92. The molecular formula is C14H20BrN. The number of anilines is 1. The minimum Gasteiger partial charge on any atom is -0.381 e. The van der Waals surface area contributed by atoms with Gasteiger partial charge in [-0.3, -0.25) is 0 Å². The van der Waals surface area contributed by atoms with Crippen LogP contribution in [-0.2, 0) is 0 Å². The van der Waals surface area contributed by atoms with Crippen LogP contribution in [0.4, 0.5) is 5.69 Å². The zero-order chi connectivity index (χ0) is 11.8. The first-order valence-corrected chi connectivity index (χ1v) is 6.79. The van der Waals surface area contributed by atoms with E-state index in [9.17, 15) is 0 Å². The van der Waals surface area contributed by atoms with Gasteiger partial charge in [-0.05, 0) is 59.2 Å². The molecule has 0 aromatic heterocycles. The number of hydrogen-bond donors (Lipinski definition) is 1. The molecule has 2 rings (SSSR count). The Morgan fingerprint density at radius 3 is 2.75 bits per heavy atom. The Morgan fingerprint density at radius 2 is 2.12 bits per heavy atom. The number of benzene rings is 1. The second-order valence-electron chi connectivity index (χ2n) is 5.68. The first-order chi connectivity index (χ1) is 7.48. The Hall–Kier alpha value is -0.500. The molecule has 16 heavy (non-hydrogen) atoms. The van der Waals surface area contributed by atoms with Gasteiger partial charge in [0.15, 0.2) is 0 Å². The van der Waals surface area contributed by atoms with Crippen molar-refractivity contribution >= 4 is 21.6 Å². The first-order valence-electron chi connectivity index (χ1n) is 6.00. The van der Waals surface area contributed by atoms with E-state index in [1.165, 1.54) is 35.0 Å². The van der Waals surface area contributed by atoms with Crippen molar-refractivity contribution in [3.63, 3.8) is 0 Å². The van der Waals surface area contributed by atoms with E-state index in [2.05, 4.69) is 60.2 Å². The average molecular weight is 282 g/mol. The summed E-state index contributed by atoms with van der Waals surface area (Å²) < 4.78 is 1.21. The van der Waals surface area contributed by atoms with E-state index in [1.54, 1.807) is 0 Å². The van der Waals surface area contributed by atoms with Gasteiger partial charge in [0, 0.05) is 16.2 Å². The average Bonchev–Trinajstić information content (AvgIpc) is 2.53. The Morgan fingerprint density at radius 1 is 1.38 bits per heavy atom. The standard InChI is InChI=1S/C14H20BrN/c1-10-5-4-6-12(13(10)15)16-11-7-8-14(2,3)9-11/h4-6,11,16H,7-9H2,1-3H3. The highest BCUT2D eigenvalue weighted by Crippen LogP contribution is 2.39. The van der Waals surface area contributed by atoms with Crippen LogP contribution in [0.25, 0.3) is 0 Å². The van der Waals surface area contributed by atoms with Gasteiger partial charge in [-0.1, -0.05) is 26.0 Å². The van der Waals surface area contributed by atoms with Gasteiger partial charge in [-0.25, -0.2) is 0 Å². The highest BCUT2D eigenvalue weighted by molar-refractivity contribution is 9.10. The molecule has 0 aliphatic heterocycles. The van der Waals surface area contributed by atoms with Gasteiger partial charge in [0.2, 0.25) is 0 Å². The smallest absolute Gasteiger partial charge is 0.0489 e. The molecule has 1 N–H and O–H groups in total. The van der Waals surface area contributed by atoms with Crippen molar-refractivity contribution in [3.8, 4) is 0 Å². The third kappa shape index (κ3) is 2.60. The minimum absolute atomic E-state index is 0.508. The van der Waals surface area contributed by atoms with Crippen molar-refractivity contribution < 1.29 is 0 Å². The highest BCUT2D eigenvalue weighted by atomic mass is 79.9. The molecule has 2 heteroatoms. The van der Waals surface area contributed by atoms with Crippen LogP contribution in [0.1, 0.15) is 38.7 Å². The predicted octanol–water partition coefficient (Wildman–Crippen LogP) is 4.75. The van der Waals surface area contributed by atoms with Crippen molar-refractivity contribution in [1.82, 2.24) is 0 Å². The second kappa shape index (κ2) is 4.40. The van der Waals surface area contributed by atoms with E-state index < -0.39 is 0 Å². The Balaban J connectivity index is 2.08. The van der Waals surface area contributed by atoms with E-state index in [-0.39, 0.29) is 0 Å². The van der Waals surface area contributed by atoms with Crippen molar-refractivity contribution in [2.75, 3.05) is 5.32 Å². The fourth-order valence-electron chi connectivity index (χ4n) is 2.54. The molecule has 1 aliphatic carbocycles. The molecule has 0 spiro atoms. The molecule has 0 bridgehead atoms.